The molecule has 4 heteroatoms. The summed E-state index contributed by atoms with van der Waals surface area (Å²) in [6.45, 7) is 7.38. The predicted octanol–water partition coefficient (Wildman–Crippen LogP) is 5.09. The largest absolute Gasteiger partial charge is 0.294 e. The third-order valence-electron chi connectivity index (χ3n) is 4.29. The molecule has 3 nitrogen and oxygen atoms in total. The standard InChI is InChI=1S/C21H20O3S/c1-11(2)19(22)13-5-7-17-15(9-13)21(24)16-10-14(20(23)12(3)4)6-8-18(16)25-17/h5-12H,1-4H3. The van der Waals surface area contributed by atoms with Gasteiger partial charge in [0.25, 0.3) is 0 Å². The fourth-order valence-corrected chi connectivity index (χ4v) is 3.86. The van der Waals surface area contributed by atoms with E-state index in [9.17, 15) is 14.4 Å². The number of ketones is 2. The Labute approximate surface area is 150 Å². The average Bonchev–Trinajstić information content (AvgIpc) is 2.60. The number of rotatable bonds is 4. The first-order valence-electron chi connectivity index (χ1n) is 8.38. The normalized spacial score (nSPS) is 11.6. The quantitative estimate of drug-likeness (QED) is 0.485. The third kappa shape index (κ3) is 3.14. The van der Waals surface area contributed by atoms with E-state index >= 15 is 0 Å². The van der Waals surface area contributed by atoms with Gasteiger partial charge in [-0.15, -0.1) is 11.3 Å². The molecule has 1 aromatic heterocycles. The van der Waals surface area contributed by atoms with Crippen LogP contribution in [0.15, 0.2) is 41.2 Å². The minimum absolute atomic E-state index is 0.0233. The van der Waals surface area contributed by atoms with Crippen LogP contribution in [-0.2, 0) is 0 Å². The van der Waals surface area contributed by atoms with Crippen molar-refractivity contribution in [3.63, 3.8) is 0 Å². The fourth-order valence-electron chi connectivity index (χ4n) is 2.83. The van der Waals surface area contributed by atoms with Crippen LogP contribution in [0, 0.1) is 11.8 Å². The Morgan fingerprint density at radius 2 is 1.16 bits per heavy atom. The van der Waals surface area contributed by atoms with Gasteiger partial charge in [0, 0.05) is 43.1 Å². The average molecular weight is 352 g/mol. The molecule has 0 radical (unpaired) electrons. The van der Waals surface area contributed by atoms with Gasteiger partial charge in [-0.2, -0.15) is 0 Å². The van der Waals surface area contributed by atoms with Gasteiger partial charge in [-0.1, -0.05) is 27.7 Å². The van der Waals surface area contributed by atoms with E-state index in [-0.39, 0.29) is 28.8 Å². The molecule has 0 saturated carbocycles. The number of benzene rings is 2. The van der Waals surface area contributed by atoms with E-state index in [0.29, 0.717) is 21.9 Å². The van der Waals surface area contributed by atoms with E-state index in [1.807, 2.05) is 39.8 Å². The molecule has 1 heterocycles. The van der Waals surface area contributed by atoms with Gasteiger partial charge in [-0.05, 0) is 36.4 Å². The number of hydrogen-bond acceptors (Lipinski definition) is 4. The number of hydrogen-bond donors (Lipinski definition) is 0. The topological polar surface area (TPSA) is 51.2 Å². The summed E-state index contributed by atoms with van der Waals surface area (Å²) in [6.07, 6.45) is 0. The van der Waals surface area contributed by atoms with Gasteiger partial charge in [0.1, 0.15) is 0 Å². The summed E-state index contributed by atoms with van der Waals surface area (Å²) in [4.78, 5) is 37.4. The first kappa shape index (κ1) is 17.5. The summed E-state index contributed by atoms with van der Waals surface area (Å²) in [5.74, 6) is -0.191. The van der Waals surface area contributed by atoms with E-state index in [1.165, 1.54) is 11.3 Å². The molecule has 2 aromatic carbocycles. The van der Waals surface area contributed by atoms with Gasteiger partial charge in [0.15, 0.2) is 17.0 Å². The van der Waals surface area contributed by atoms with E-state index in [0.717, 1.165) is 9.40 Å². The van der Waals surface area contributed by atoms with Crippen molar-refractivity contribution in [1.82, 2.24) is 0 Å². The molecule has 3 rings (SSSR count). The lowest BCUT2D eigenvalue weighted by molar-refractivity contribution is 0.0932. The highest BCUT2D eigenvalue weighted by atomic mass is 32.1. The number of carbonyl (C=O) groups excluding carboxylic acids is 2. The van der Waals surface area contributed by atoms with Gasteiger partial charge < -0.3 is 0 Å². The van der Waals surface area contributed by atoms with Crippen molar-refractivity contribution >= 4 is 43.1 Å². The Bertz CT molecular complexity index is 977. The maximum absolute atomic E-state index is 13.0. The summed E-state index contributed by atoms with van der Waals surface area (Å²) in [6, 6.07) is 10.6. The molecule has 0 aliphatic carbocycles. The second kappa shape index (κ2) is 6.52. The lowest BCUT2D eigenvalue weighted by atomic mass is 9.98. The Morgan fingerprint density at radius 1 is 0.760 bits per heavy atom. The second-order valence-corrected chi connectivity index (χ2v) is 7.97. The molecule has 25 heavy (non-hydrogen) atoms. The van der Waals surface area contributed by atoms with Crippen molar-refractivity contribution in [2.75, 3.05) is 0 Å². The minimum Gasteiger partial charge on any atom is -0.294 e. The highest BCUT2D eigenvalue weighted by Gasteiger charge is 2.15. The third-order valence-corrected chi connectivity index (χ3v) is 5.44. The van der Waals surface area contributed by atoms with Gasteiger partial charge in [0.2, 0.25) is 0 Å². The summed E-state index contributed by atoms with van der Waals surface area (Å²) in [7, 11) is 0. The van der Waals surface area contributed by atoms with E-state index in [4.69, 9.17) is 0 Å². The molecule has 0 amide bonds. The maximum Gasteiger partial charge on any atom is 0.195 e. The van der Waals surface area contributed by atoms with Gasteiger partial charge in [0.05, 0.1) is 0 Å². The molecule has 0 aliphatic heterocycles. The van der Waals surface area contributed by atoms with Crippen molar-refractivity contribution in [1.29, 1.82) is 0 Å². The lowest BCUT2D eigenvalue weighted by Crippen LogP contribution is -2.10. The zero-order valence-electron chi connectivity index (χ0n) is 14.8. The molecule has 0 saturated heterocycles. The van der Waals surface area contributed by atoms with Gasteiger partial charge >= 0.3 is 0 Å². The van der Waals surface area contributed by atoms with Crippen LogP contribution < -0.4 is 5.43 Å². The SMILES string of the molecule is CC(C)C(=O)c1ccc2sc3ccc(C(=O)C(C)C)cc3c(=O)c2c1. The predicted molar refractivity (Wildman–Crippen MR) is 104 cm³/mol. The van der Waals surface area contributed by atoms with Gasteiger partial charge in [-0.3, -0.25) is 14.4 Å². The molecule has 0 spiro atoms. The van der Waals surface area contributed by atoms with Crippen LogP contribution in [0.4, 0.5) is 0 Å². The molecule has 0 unspecified atom stereocenters. The van der Waals surface area contributed by atoms with Crippen molar-refractivity contribution in [2.45, 2.75) is 27.7 Å². The van der Waals surface area contributed by atoms with Crippen molar-refractivity contribution in [2.24, 2.45) is 11.8 Å². The summed E-state index contributed by atoms with van der Waals surface area (Å²) < 4.78 is 1.70. The minimum atomic E-state index is -0.124. The highest BCUT2D eigenvalue weighted by Crippen LogP contribution is 2.27. The monoisotopic (exact) mass is 352 g/mol. The maximum atomic E-state index is 13.0. The van der Waals surface area contributed by atoms with Crippen LogP contribution in [-0.4, -0.2) is 11.6 Å². The molecule has 0 atom stereocenters. The second-order valence-electron chi connectivity index (χ2n) is 6.89. The fraction of sp³-hybridized carbons (Fsp3) is 0.286. The van der Waals surface area contributed by atoms with E-state index in [1.54, 1.807) is 24.3 Å². The molecule has 0 fully saturated rings. The number of fused-ring (bicyclic) bond motifs is 2. The molecule has 3 aromatic rings. The molecule has 0 bridgehead atoms. The summed E-state index contributed by atoms with van der Waals surface area (Å²) >= 11 is 1.50. The Balaban J connectivity index is 2.26. The van der Waals surface area contributed by atoms with Crippen LogP contribution in [0.2, 0.25) is 0 Å². The Kier molecular flexibility index (Phi) is 4.56. The number of carbonyl (C=O) groups is 2. The zero-order chi connectivity index (χ0) is 18.3. The zero-order valence-corrected chi connectivity index (χ0v) is 15.6. The van der Waals surface area contributed by atoms with E-state index < -0.39 is 0 Å². The van der Waals surface area contributed by atoms with Crippen LogP contribution in [0.1, 0.15) is 48.4 Å². The molecule has 128 valence electrons. The smallest absolute Gasteiger partial charge is 0.195 e. The van der Waals surface area contributed by atoms with Crippen molar-refractivity contribution < 1.29 is 9.59 Å². The summed E-state index contributed by atoms with van der Waals surface area (Å²) in [5, 5.41) is 1.08. The van der Waals surface area contributed by atoms with Crippen LogP contribution in [0.25, 0.3) is 20.2 Å². The van der Waals surface area contributed by atoms with Crippen molar-refractivity contribution in [3.8, 4) is 0 Å². The molecule has 0 N–H and O–H groups in total. The van der Waals surface area contributed by atoms with Crippen LogP contribution >= 0.6 is 11.3 Å². The molecular weight excluding hydrogens is 332 g/mol. The van der Waals surface area contributed by atoms with Crippen LogP contribution in [0.5, 0.6) is 0 Å². The van der Waals surface area contributed by atoms with Gasteiger partial charge in [-0.25, -0.2) is 0 Å². The molecule has 0 aliphatic rings. The number of Topliss-reactive ketones (excluding diaryl/α,β-unsaturated/α-hetero) is 2. The lowest BCUT2D eigenvalue weighted by Gasteiger charge is -2.08. The Hall–Kier alpha value is -2.33. The first-order chi connectivity index (χ1) is 11.8. The summed E-state index contributed by atoms with van der Waals surface area (Å²) in [5.41, 5.74) is 0.988. The van der Waals surface area contributed by atoms with Crippen LogP contribution in [0.3, 0.4) is 0 Å². The highest BCUT2D eigenvalue weighted by molar-refractivity contribution is 7.24. The first-order valence-corrected chi connectivity index (χ1v) is 9.20. The van der Waals surface area contributed by atoms with E-state index in [2.05, 4.69) is 0 Å². The van der Waals surface area contributed by atoms with Crippen molar-refractivity contribution in [3.05, 3.63) is 57.7 Å². The molecular formula is C21H20O3S. The Morgan fingerprint density at radius 3 is 1.52 bits per heavy atom.